The lowest BCUT2D eigenvalue weighted by atomic mass is 9.85. The Balaban J connectivity index is 3.06. The molecule has 0 amide bonds. The summed E-state index contributed by atoms with van der Waals surface area (Å²) in [7, 11) is 0. The first-order valence-corrected chi connectivity index (χ1v) is 8.29. The van der Waals surface area contributed by atoms with Crippen molar-refractivity contribution in [1.82, 2.24) is 14.9 Å². The fraction of sp³-hybridized carbons (Fsp3) is 0.867. The molecule has 1 aromatic heterocycles. The summed E-state index contributed by atoms with van der Waals surface area (Å²) >= 11 is 1.57. The SMILES string of the molecule is CCCNC(c1snnc1C(C)(C)C)C(CC)CC. The summed E-state index contributed by atoms with van der Waals surface area (Å²) in [5.74, 6) is 0.662. The molecule has 110 valence electrons. The first-order valence-electron chi connectivity index (χ1n) is 7.51. The molecule has 0 saturated carbocycles. The van der Waals surface area contributed by atoms with E-state index < -0.39 is 0 Å². The first-order chi connectivity index (χ1) is 8.95. The van der Waals surface area contributed by atoms with E-state index in [4.69, 9.17) is 0 Å². The zero-order valence-electron chi connectivity index (χ0n) is 13.3. The predicted octanol–water partition coefficient (Wildman–Crippen LogP) is 4.31. The smallest absolute Gasteiger partial charge is 0.0857 e. The molecular weight excluding hydrogens is 254 g/mol. The lowest BCUT2D eigenvalue weighted by Gasteiger charge is -2.28. The molecule has 0 aliphatic rings. The highest BCUT2D eigenvalue weighted by atomic mass is 32.1. The minimum atomic E-state index is 0.0700. The van der Waals surface area contributed by atoms with E-state index in [1.807, 2.05) is 0 Å². The second-order valence-electron chi connectivity index (χ2n) is 6.24. The molecule has 1 aromatic rings. The van der Waals surface area contributed by atoms with Crippen LogP contribution in [-0.4, -0.2) is 16.1 Å². The van der Waals surface area contributed by atoms with Gasteiger partial charge in [0.15, 0.2) is 0 Å². The van der Waals surface area contributed by atoms with Crippen LogP contribution >= 0.6 is 11.5 Å². The summed E-state index contributed by atoms with van der Waals surface area (Å²) < 4.78 is 4.22. The average molecular weight is 283 g/mol. The van der Waals surface area contributed by atoms with E-state index >= 15 is 0 Å². The van der Waals surface area contributed by atoms with Crippen LogP contribution in [0.15, 0.2) is 0 Å². The van der Waals surface area contributed by atoms with Crippen molar-refractivity contribution in [3.63, 3.8) is 0 Å². The lowest BCUT2D eigenvalue weighted by molar-refractivity contribution is 0.340. The summed E-state index contributed by atoms with van der Waals surface area (Å²) in [6, 6.07) is 0.407. The number of hydrogen-bond donors (Lipinski definition) is 1. The Labute approximate surface area is 122 Å². The number of hydrogen-bond acceptors (Lipinski definition) is 4. The minimum absolute atomic E-state index is 0.0700. The van der Waals surface area contributed by atoms with Crippen LogP contribution in [-0.2, 0) is 5.41 Å². The topological polar surface area (TPSA) is 37.8 Å². The normalized spacial score (nSPS) is 14.1. The Hall–Kier alpha value is -0.480. The molecule has 0 radical (unpaired) electrons. The zero-order valence-corrected chi connectivity index (χ0v) is 14.1. The lowest BCUT2D eigenvalue weighted by Crippen LogP contribution is -2.30. The number of nitrogens with zero attached hydrogens (tertiary/aromatic N) is 2. The molecule has 0 spiro atoms. The molecule has 0 saturated heterocycles. The fourth-order valence-electron chi connectivity index (χ4n) is 2.45. The van der Waals surface area contributed by atoms with E-state index in [0.717, 1.165) is 18.7 Å². The van der Waals surface area contributed by atoms with Crippen LogP contribution < -0.4 is 5.32 Å². The van der Waals surface area contributed by atoms with Crippen molar-refractivity contribution in [1.29, 1.82) is 0 Å². The van der Waals surface area contributed by atoms with E-state index in [1.165, 1.54) is 17.7 Å². The molecule has 4 heteroatoms. The third-order valence-corrected chi connectivity index (χ3v) is 4.45. The van der Waals surface area contributed by atoms with E-state index in [-0.39, 0.29) is 5.41 Å². The van der Waals surface area contributed by atoms with E-state index in [9.17, 15) is 0 Å². The standard InChI is InChI=1S/C15H29N3S/c1-7-10-16-12(11(8-2)9-3)13-14(15(4,5)6)17-18-19-13/h11-12,16H,7-10H2,1-6H3. The molecule has 0 aliphatic heterocycles. The van der Waals surface area contributed by atoms with Gasteiger partial charge in [-0.3, -0.25) is 0 Å². The van der Waals surface area contributed by atoms with E-state index in [0.29, 0.717) is 12.0 Å². The molecule has 19 heavy (non-hydrogen) atoms. The largest absolute Gasteiger partial charge is 0.309 e. The first kappa shape index (κ1) is 16.6. The number of rotatable bonds is 7. The average Bonchev–Trinajstić information content (AvgIpc) is 2.83. The third-order valence-electron chi connectivity index (χ3n) is 3.64. The Morgan fingerprint density at radius 1 is 1.16 bits per heavy atom. The second kappa shape index (κ2) is 7.34. The van der Waals surface area contributed by atoms with Crippen LogP contribution in [0.3, 0.4) is 0 Å². The summed E-state index contributed by atoms with van der Waals surface area (Å²) in [5, 5.41) is 8.11. The van der Waals surface area contributed by atoms with Gasteiger partial charge in [0.2, 0.25) is 0 Å². The molecule has 0 aromatic carbocycles. The monoisotopic (exact) mass is 283 g/mol. The molecule has 1 heterocycles. The van der Waals surface area contributed by atoms with Crippen molar-refractivity contribution >= 4 is 11.5 Å². The number of nitrogens with one attached hydrogen (secondary N) is 1. The summed E-state index contributed by atoms with van der Waals surface area (Å²) in [4.78, 5) is 1.34. The highest BCUT2D eigenvalue weighted by molar-refractivity contribution is 7.05. The van der Waals surface area contributed by atoms with Gasteiger partial charge in [-0.15, -0.1) is 5.10 Å². The van der Waals surface area contributed by atoms with Crippen LogP contribution in [0.1, 0.15) is 77.4 Å². The van der Waals surface area contributed by atoms with E-state index in [1.54, 1.807) is 11.5 Å². The fourth-order valence-corrected chi connectivity index (χ4v) is 3.49. The quantitative estimate of drug-likeness (QED) is 0.810. The van der Waals surface area contributed by atoms with Gasteiger partial charge in [-0.05, 0) is 30.4 Å². The van der Waals surface area contributed by atoms with Crippen LogP contribution in [0.5, 0.6) is 0 Å². The van der Waals surface area contributed by atoms with Gasteiger partial charge in [-0.25, -0.2) is 0 Å². The molecule has 0 bridgehead atoms. The van der Waals surface area contributed by atoms with Crippen molar-refractivity contribution < 1.29 is 0 Å². The molecule has 1 atom stereocenters. The van der Waals surface area contributed by atoms with Gasteiger partial charge in [-0.2, -0.15) is 0 Å². The van der Waals surface area contributed by atoms with Crippen molar-refractivity contribution in [3.05, 3.63) is 10.6 Å². The molecule has 0 fully saturated rings. The summed E-state index contributed by atoms with van der Waals surface area (Å²) in [6.45, 7) is 14.5. The van der Waals surface area contributed by atoms with E-state index in [2.05, 4.69) is 56.4 Å². The Kier molecular flexibility index (Phi) is 6.40. The molecule has 1 unspecified atom stereocenters. The van der Waals surface area contributed by atoms with Crippen LogP contribution in [0.2, 0.25) is 0 Å². The van der Waals surface area contributed by atoms with Crippen molar-refractivity contribution in [2.45, 2.75) is 72.3 Å². The summed E-state index contributed by atoms with van der Waals surface area (Å²) in [5.41, 5.74) is 1.23. The van der Waals surface area contributed by atoms with Crippen LogP contribution in [0.25, 0.3) is 0 Å². The molecular formula is C15H29N3S. The van der Waals surface area contributed by atoms with Crippen molar-refractivity contribution in [3.8, 4) is 0 Å². The Morgan fingerprint density at radius 3 is 2.26 bits per heavy atom. The minimum Gasteiger partial charge on any atom is -0.309 e. The molecule has 3 nitrogen and oxygen atoms in total. The van der Waals surface area contributed by atoms with Gasteiger partial charge in [-0.1, -0.05) is 58.9 Å². The zero-order chi connectivity index (χ0) is 14.5. The highest BCUT2D eigenvalue weighted by Gasteiger charge is 2.30. The summed E-state index contributed by atoms with van der Waals surface area (Å²) in [6.07, 6.45) is 3.55. The van der Waals surface area contributed by atoms with Crippen LogP contribution in [0.4, 0.5) is 0 Å². The maximum atomic E-state index is 4.40. The van der Waals surface area contributed by atoms with Crippen molar-refractivity contribution in [2.24, 2.45) is 5.92 Å². The second-order valence-corrected chi connectivity index (χ2v) is 7.03. The maximum absolute atomic E-state index is 4.40. The van der Waals surface area contributed by atoms with Gasteiger partial charge in [0, 0.05) is 11.5 Å². The number of aromatic nitrogens is 2. The van der Waals surface area contributed by atoms with Gasteiger partial charge in [0.05, 0.1) is 10.6 Å². The third kappa shape index (κ3) is 4.25. The Bertz CT molecular complexity index is 364. The van der Waals surface area contributed by atoms with Gasteiger partial charge >= 0.3 is 0 Å². The molecule has 1 N–H and O–H groups in total. The molecule has 1 rings (SSSR count). The van der Waals surface area contributed by atoms with Gasteiger partial charge in [0.1, 0.15) is 0 Å². The molecule has 0 aliphatic carbocycles. The van der Waals surface area contributed by atoms with Crippen molar-refractivity contribution in [2.75, 3.05) is 6.54 Å². The van der Waals surface area contributed by atoms with Gasteiger partial charge < -0.3 is 5.32 Å². The maximum Gasteiger partial charge on any atom is 0.0857 e. The predicted molar refractivity (Wildman–Crippen MR) is 83.7 cm³/mol. The highest BCUT2D eigenvalue weighted by Crippen LogP contribution is 2.36. The van der Waals surface area contributed by atoms with Crippen LogP contribution in [0, 0.1) is 5.92 Å². The van der Waals surface area contributed by atoms with Gasteiger partial charge in [0.25, 0.3) is 0 Å². The Morgan fingerprint density at radius 2 is 1.79 bits per heavy atom.